The second kappa shape index (κ2) is 5.20. The Hall–Kier alpha value is -1.85. The number of hydrogen-bond acceptors (Lipinski definition) is 5. The molecule has 0 bridgehead atoms. The smallest absolute Gasteiger partial charge is 0.242 e. The first-order valence-electron chi connectivity index (χ1n) is 6.17. The van der Waals surface area contributed by atoms with Gasteiger partial charge in [0.1, 0.15) is 11.9 Å². The van der Waals surface area contributed by atoms with Crippen LogP contribution in [-0.4, -0.2) is 42.6 Å². The molecule has 0 spiro atoms. The summed E-state index contributed by atoms with van der Waals surface area (Å²) in [4.78, 5) is 22.6. The highest BCUT2D eigenvalue weighted by Gasteiger charge is 2.31. The summed E-state index contributed by atoms with van der Waals surface area (Å²) in [6.45, 7) is 2.83. The van der Waals surface area contributed by atoms with Gasteiger partial charge in [-0.25, -0.2) is 4.98 Å². The minimum Gasteiger partial charge on any atom is -0.357 e. The van der Waals surface area contributed by atoms with E-state index < -0.39 is 0 Å². The number of rotatable bonds is 3. The molecule has 18 heavy (non-hydrogen) atoms. The molecular weight excluding hydrogens is 230 g/mol. The molecule has 1 unspecified atom stereocenters. The molecule has 2 heterocycles. The van der Waals surface area contributed by atoms with Crippen LogP contribution < -0.4 is 15.5 Å². The van der Waals surface area contributed by atoms with Crippen molar-refractivity contribution in [3.05, 3.63) is 11.8 Å². The molecule has 0 aromatic carbocycles. The van der Waals surface area contributed by atoms with Crippen LogP contribution in [0.2, 0.25) is 0 Å². The molecule has 0 saturated carbocycles. The molecule has 0 aliphatic carbocycles. The number of nitrogens with one attached hydrogen (secondary N) is 2. The molecule has 1 aliphatic rings. The van der Waals surface area contributed by atoms with Crippen molar-refractivity contribution >= 4 is 17.7 Å². The second-order valence-corrected chi connectivity index (χ2v) is 4.42. The standard InChI is InChI=1S/C12H19N5O/c1-8-7-15-12(14-3)16-10(8)17-6-4-5-9(17)11(18)13-2/h7,9H,4-6H2,1-3H3,(H,13,18)(H,14,15,16). The second-order valence-electron chi connectivity index (χ2n) is 4.42. The zero-order chi connectivity index (χ0) is 13.1. The SMILES string of the molecule is CNC(=O)C1CCCN1c1nc(NC)ncc1C. The van der Waals surface area contributed by atoms with Crippen molar-refractivity contribution in [3.63, 3.8) is 0 Å². The van der Waals surface area contributed by atoms with Crippen LogP contribution in [0.3, 0.4) is 0 Å². The van der Waals surface area contributed by atoms with E-state index in [1.165, 1.54) is 0 Å². The Morgan fingerprint density at radius 1 is 1.50 bits per heavy atom. The molecule has 1 saturated heterocycles. The highest BCUT2D eigenvalue weighted by Crippen LogP contribution is 2.27. The Balaban J connectivity index is 2.32. The van der Waals surface area contributed by atoms with E-state index in [9.17, 15) is 4.79 Å². The van der Waals surface area contributed by atoms with Crippen LogP contribution >= 0.6 is 0 Å². The predicted molar refractivity (Wildman–Crippen MR) is 70.8 cm³/mol. The normalized spacial score (nSPS) is 18.8. The van der Waals surface area contributed by atoms with Gasteiger partial charge in [0, 0.05) is 32.4 Å². The average molecular weight is 249 g/mol. The van der Waals surface area contributed by atoms with Gasteiger partial charge in [0.25, 0.3) is 0 Å². The van der Waals surface area contributed by atoms with Crippen LogP contribution in [0.4, 0.5) is 11.8 Å². The molecule has 98 valence electrons. The quantitative estimate of drug-likeness (QED) is 0.818. The van der Waals surface area contributed by atoms with Gasteiger partial charge in [-0.2, -0.15) is 4.98 Å². The molecule has 1 aromatic rings. The van der Waals surface area contributed by atoms with Crippen molar-refractivity contribution in [1.29, 1.82) is 0 Å². The predicted octanol–water partition coefficient (Wildman–Crippen LogP) is 0.542. The summed E-state index contributed by atoms with van der Waals surface area (Å²) in [6.07, 6.45) is 3.67. The van der Waals surface area contributed by atoms with E-state index >= 15 is 0 Å². The Labute approximate surface area is 107 Å². The number of amides is 1. The lowest BCUT2D eigenvalue weighted by atomic mass is 10.2. The van der Waals surface area contributed by atoms with Gasteiger partial charge in [-0.05, 0) is 19.8 Å². The number of aromatic nitrogens is 2. The van der Waals surface area contributed by atoms with Crippen LogP contribution in [0.5, 0.6) is 0 Å². The average Bonchev–Trinajstić information content (AvgIpc) is 2.87. The van der Waals surface area contributed by atoms with Crippen molar-refractivity contribution in [2.75, 3.05) is 30.9 Å². The minimum absolute atomic E-state index is 0.0523. The first-order valence-corrected chi connectivity index (χ1v) is 6.17. The van der Waals surface area contributed by atoms with E-state index in [4.69, 9.17) is 0 Å². The third-order valence-electron chi connectivity index (χ3n) is 3.24. The van der Waals surface area contributed by atoms with Crippen molar-refractivity contribution in [1.82, 2.24) is 15.3 Å². The molecule has 1 aromatic heterocycles. The maximum atomic E-state index is 11.9. The van der Waals surface area contributed by atoms with Gasteiger partial charge < -0.3 is 15.5 Å². The number of hydrogen-bond donors (Lipinski definition) is 2. The summed E-state index contributed by atoms with van der Waals surface area (Å²) in [5.74, 6) is 1.48. The maximum absolute atomic E-state index is 11.9. The highest BCUT2D eigenvalue weighted by atomic mass is 16.2. The van der Waals surface area contributed by atoms with Gasteiger partial charge in [0.05, 0.1) is 0 Å². The van der Waals surface area contributed by atoms with Crippen LogP contribution in [0.25, 0.3) is 0 Å². The van der Waals surface area contributed by atoms with Crippen LogP contribution in [0.1, 0.15) is 18.4 Å². The summed E-state index contributed by atoms with van der Waals surface area (Å²) >= 11 is 0. The molecule has 0 radical (unpaired) electrons. The molecule has 1 fully saturated rings. The molecule has 1 amide bonds. The Morgan fingerprint density at radius 3 is 2.94 bits per heavy atom. The lowest BCUT2D eigenvalue weighted by molar-refractivity contribution is -0.121. The molecule has 2 rings (SSSR count). The highest BCUT2D eigenvalue weighted by molar-refractivity contribution is 5.85. The van der Waals surface area contributed by atoms with Crippen LogP contribution in [0, 0.1) is 6.92 Å². The van der Waals surface area contributed by atoms with E-state index in [1.807, 2.05) is 6.92 Å². The van der Waals surface area contributed by atoms with Crippen molar-refractivity contribution in [2.45, 2.75) is 25.8 Å². The van der Waals surface area contributed by atoms with Gasteiger partial charge in [0.2, 0.25) is 11.9 Å². The lowest BCUT2D eigenvalue weighted by Gasteiger charge is -2.25. The van der Waals surface area contributed by atoms with E-state index in [0.29, 0.717) is 5.95 Å². The third-order valence-corrected chi connectivity index (χ3v) is 3.24. The minimum atomic E-state index is -0.117. The van der Waals surface area contributed by atoms with Gasteiger partial charge >= 0.3 is 0 Å². The van der Waals surface area contributed by atoms with E-state index in [1.54, 1.807) is 20.3 Å². The van der Waals surface area contributed by atoms with Gasteiger partial charge in [0.15, 0.2) is 0 Å². The molecular formula is C12H19N5O. The summed E-state index contributed by atoms with van der Waals surface area (Å²) in [7, 11) is 3.46. The number of anilines is 2. The number of likely N-dealkylation sites (N-methyl/N-ethyl adjacent to an activating group) is 1. The molecule has 1 atom stereocenters. The zero-order valence-corrected chi connectivity index (χ0v) is 11.0. The number of carbonyl (C=O) groups is 1. The summed E-state index contributed by atoms with van der Waals surface area (Å²) in [5, 5.41) is 5.64. The third kappa shape index (κ3) is 2.23. The van der Waals surface area contributed by atoms with E-state index in [-0.39, 0.29) is 11.9 Å². The largest absolute Gasteiger partial charge is 0.357 e. The van der Waals surface area contributed by atoms with E-state index in [0.717, 1.165) is 30.8 Å². The zero-order valence-electron chi connectivity index (χ0n) is 11.0. The first kappa shape index (κ1) is 12.6. The fourth-order valence-corrected chi connectivity index (χ4v) is 2.30. The van der Waals surface area contributed by atoms with Crippen molar-refractivity contribution in [3.8, 4) is 0 Å². The molecule has 6 heteroatoms. The summed E-state index contributed by atoms with van der Waals surface area (Å²) < 4.78 is 0. The first-order chi connectivity index (χ1) is 8.67. The number of nitrogens with zero attached hydrogens (tertiary/aromatic N) is 3. The number of carbonyl (C=O) groups excluding carboxylic acids is 1. The summed E-state index contributed by atoms with van der Waals surface area (Å²) in [5.41, 5.74) is 0.991. The Bertz CT molecular complexity index is 448. The van der Waals surface area contributed by atoms with Gasteiger partial charge in [-0.1, -0.05) is 0 Å². The fraction of sp³-hybridized carbons (Fsp3) is 0.583. The maximum Gasteiger partial charge on any atom is 0.242 e. The number of aryl methyl sites for hydroxylation is 1. The van der Waals surface area contributed by atoms with Crippen molar-refractivity contribution < 1.29 is 4.79 Å². The molecule has 6 nitrogen and oxygen atoms in total. The topological polar surface area (TPSA) is 70.2 Å². The molecule has 1 aliphatic heterocycles. The Morgan fingerprint density at radius 2 is 2.28 bits per heavy atom. The van der Waals surface area contributed by atoms with E-state index in [2.05, 4.69) is 25.5 Å². The van der Waals surface area contributed by atoms with Gasteiger partial charge in [-0.15, -0.1) is 0 Å². The fourth-order valence-electron chi connectivity index (χ4n) is 2.30. The summed E-state index contributed by atoms with van der Waals surface area (Å²) in [6, 6.07) is -0.117. The van der Waals surface area contributed by atoms with Crippen molar-refractivity contribution in [2.24, 2.45) is 0 Å². The van der Waals surface area contributed by atoms with Crippen LogP contribution in [-0.2, 0) is 4.79 Å². The lowest BCUT2D eigenvalue weighted by Crippen LogP contribution is -2.42. The van der Waals surface area contributed by atoms with Crippen LogP contribution in [0.15, 0.2) is 6.20 Å². The molecule has 2 N–H and O–H groups in total. The monoisotopic (exact) mass is 249 g/mol. The van der Waals surface area contributed by atoms with Gasteiger partial charge in [-0.3, -0.25) is 4.79 Å². The Kier molecular flexibility index (Phi) is 3.64.